The molecule has 230 valence electrons. The summed E-state index contributed by atoms with van der Waals surface area (Å²) in [6, 6.07) is 1.03. The van der Waals surface area contributed by atoms with Gasteiger partial charge in [0.1, 0.15) is 18.9 Å². The normalized spacial score (nSPS) is 47.6. The van der Waals surface area contributed by atoms with E-state index in [4.69, 9.17) is 23.7 Å². The molecule has 13 unspecified atom stereocenters. The highest BCUT2D eigenvalue weighted by Gasteiger charge is 2.66. The molecule has 10 nitrogen and oxygen atoms in total. The van der Waals surface area contributed by atoms with Crippen LogP contribution in [-0.2, 0) is 33.3 Å². The van der Waals surface area contributed by atoms with Crippen molar-refractivity contribution in [2.45, 2.75) is 119 Å². The van der Waals surface area contributed by atoms with Crippen molar-refractivity contribution in [1.29, 1.82) is 0 Å². The molecule has 0 radical (unpaired) electrons. The number of amides is 2. The lowest BCUT2D eigenvalue weighted by atomic mass is 9.64. The highest BCUT2D eigenvalue weighted by Crippen LogP contribution is 2.53. The van der Waals surface area contributed by atoms with E-state index in [0.29, 0.717) is 55.0 Å². The van der Waals surface area contributed by atoms with Gasteiger partial charge in [-0.3, -0.25) is 9.59 Å². The Kier molecular flexibility index (Phi) is 8.09. The Morgan fingerprint density at radius 2 is 1.85 bits per heavy atom. The van der Waals surface area contributed by atoms with Gasteiger partial charge >= 0.3 is 0 Å². The molecule has 7 rings (SSSR count). The van der Waals surface area contributed by atoms with E-state index in [0.717, 1.165) is 64.3 Å². The van der Waals surface area contributed by atoms with E-state index in [1.165, 1.54) is 0 Å². The van der Waals surface area contributed by atoms with Crippen molar-refractivity contribution in [1.82, 2.24) is 10.2 Å². The Hall–Kier alpha value is -1.30. The van der Waals surface area contributed by atoms with Crippen molar-refractivity contribution >= 4 is 11.8 Å². The van der Waals surface area contributed by atoms with Gasteiger partial charge in [0, 0.05) is 39.1 Å². The highest BCUT2D eigenvalue weighted by atomic mass is 16.7. The first kappa shape index (κ1) is 28.5. The standard InChI is InChI=1S/C31H49N3O7/c1-16(30(35)33-14-17-4-8-23-25(12-17)40-15-39-23)41-18-5-7-22-21(13-18)19-10-11-32-27-20-6-9-24(37-2)29(38-3)26(20)31(36)34(22)28(19)27/h16-29,32H,4-15H2,1-3H3,(H,33,35)/p+1/t16-,17?,18?,19?,20?,21?,22?,23?,24?,25?,26?,27?,28?,29?/m0/s1. The zero-order chi connectivity index (χ0) is 28.2. The van der Waals surface area contributed by atoms with E-state index in [9.17, 15) is 9.59 Å². The number of methoxy groups -OCH3 is 2. The Morgan fingerprint density at radius 3 is 2.68 bits per heavy atom. The fraction of sp³-hybridized carbons (Fsp3) is 0.935. The smallest absolute Gasteiger partial charge is 0.248 e. The van der Waals surface area contributed by atoms with Crippen LogP contribution in [0.4, 0.5) is 0 Å². The number of ether oxygens (including phenoxy) is 5. The number of hydrogen-bond acceptors (Lipinski definition) is 7. The number of carbonyl (C=O) groups is 2. The quantitative estimate of drug-likeness (QED) is 0.462. The molecule has 4 aliphatic heterocycles. The largest absolute Gasteiger partial charge is 0.379 e. The molecule has 10 heteroatoms. The molecule has 2 amide bonds. The van der Waals surface area contributed by atoms with Crippen LogP contribution in [0.3, 0.4) is 0 Å². The molecule has 3 N–H and O–H groups in total. The van der Waals surface area contributed by atoms with E-state index < -0.39 is 6.10 Å². The lowest BCUT2D eigenvalue weighted by Gasteiger charge is -2.53. The molecule has 0 aromatic carbocycles. The van der Waals surface area contributed by atoms with E-state index in [-0.39, 0.29) is 48.4 Å². The van der Waals surface area contributed by atoms with E-state index in [1.807, 2.05) is 6.92 Å². The van der Waals surface area contributed by atoms with Crippen molar-refractivity contribution in [2.24, 2.45) is 29.6 Å². The van der Waals surface area contributed by atoms with Crippen molar-refractivity contribution in [3.05, 3.63) is 0 Å². The maximum atomic E-state index is 14.2. The van der Waals surface area contributed by atoms with Crippen molar-refractivity contribution in [3.8, 4) is 0 Å². The lowest BCUT2D eigenvalue weighted by Crippen LogP contribution is -2.99. The predicted octanol–water partition coefficient (Wildman–Crippen LogP) is 0.819. The van der Waals surface area contributed by atoms with Crippen LogP contribution in [0, 0.1) is 29.6 Å². The topological polar surface area (TPSA) is 112 Å². The first-order valence-electron chi connectivity index (χ1n) is 16.4. The Bertz CT molecular complexity index is 983. The van der Waals surface area contributed by atoms with Crippen LogP contribution >= 0.6 is 0 Å². The van der Waals surface area contributed by atoms with Crippen molar-refractivity contribution in [2.75, 3.05) is 34.1 Å². The molecule has 0 bridgehead atoms. The molecule has 7 fully saturated rings. The van der Waals surface area contributed by atoms with Gasteiger partial charge < -0.3 is 39.2 Å². The number of fused-ring (bicyclic) bond motifs is 6. The summed E-state index contributed by atoms with van der Waals surface area (Å²) < 4.78 is 29.5. The number of rotatable bonds is 7. The van der Waals surface area contributed by atoms with E-state index in [2.05, 4.69) is 15.5 Å². The number of carbonyl (C=O) groups excluding carboxylic acids is 2. The van der Waals surface area contributed by atoms with Crippen LogP contribution in [0.15, 0.2) is 0 Å². The first-order chi connectivity index (χ1) is 20.0. The Balaban J connectivity index is 0.982. The van der Waals surface area contributed by atoms with Crippen LogP contribution in [0.25, 0.3) is 0 Å². The average Bonchev–Trinajstić information content (AvgIpc) is 3.60. The fourth-order valence-corrected chi connectivity index (χ4v) is 10.3. The number of piperidine rings is 2. The number of quaternary nitrogens is 1. The maximum absolute atomic E-state index is 14.2. The molecule has 7 aliphatic rings. The molecule has 3 saturated carbocycles. The fourth-order valence-electron chi connectivity index (χ4n) is 10.3. The monoisotopic (exact) mass is 576 g/mol. The van der Waals surface area contributed by atoms with Crippen molar-refractivity contribution < 1.29 is 38.6 Å². The summed E-state index contributed by atoms with van der Waals surface area (Å²) in [5, 5.41) is 5.69. The molecule has 0 aromatic heterocycles. The van der Waals surface area contributed by atoms with Crippen LogP contribution in [0.2, 0.25) is 0 Å². The molecule has 0 spiro atoms. The lowest BCUT2D eigenvalue weighted by molar-refractivity contribution is -0.713. The number of nitrogens with one attached hydrogen (secondary N) is 1. The maximum Gasteiger partial charge on any atom is 0.248 e. The van der Waals surface area contributed by atoms with Gasteiger partial charge in [0.25, 0.3) is 0 Å². The average molecular weight is 577 g/mol. The van der Waals surface area contributed by atoms with Gasteiger partial charge in [-0.1, -0.05) is 0 Å². The molecular weight excluding hydrogens is 526 g/mol. The second-order valence-corrected chi connectivity index (χ2v) is 13.9. The first-order valence-corrected chi connectivity index (χ1v) is 16.4. The number of nitrogens with zero attached hydrogens (tertiary/aromatic N) is 1. The second kappa shape index (κ2) is 11.7. The van der Waals surface area contributed by atoms with Crippen LogP contribution in [0.1, 0.15) is 64.7 Å². The van der Waals surface area contributed by atoms with Gasteiger partial charge in [-0.2, -0.15) is 0 Å². The zero-order valence-electron chi connectivity index (χ0n) is 25.0. The van der Waals surface area contributed by atoms with Crippen LogP contribution < -0.4 is 10.6 Å². The van der Waals surface area contributed by atoms with Gasteiger partial charge in [-0.15, -0.1) is 0 Å². The Labute approximate surface area is 243 Å². The summed E-state index contributed by atoms with van der Waals surface area (Å²) >= 11 is 0. The molecule has 0 aromatic rings. The summed E-state index contributed by atoms with van der Waals surface area (Å²) in [5.74, 6) is 1.90. The molecule has 41 heavy (non-hydrogen) atoms. The van der Waals surface area contributed by atoms with Crippen molar-refractivity contribution in [3.63, 3.8) is 0 Å². The third kappa shape index (κ3) is 4.94. The number of nitrogens with two attached hydrogens (primary N) is 1. The van der Waals surface area contributed by atoms with Gasteiger partial charge in [0.05, 0.1) is 49.0 Å². The third-order valence-corrected chi connectivity index (χ3v) is 12.1. The predicted molar refractivity (Wildman–Crippen MR) is 148 cm³/mol. The van der Waals surface area contributed by atoms with E-state index in [1.54, 1.807) is 14.2 Å². The minimum Gasteiger partial charge on any atom is -0.379 e. The van der Waals surface area contributed by atoms with Gasteiger partial charge in [0.2, 0.25) is 11.8 Å². The molecule has 4 heterocycles. The highest BCUT2D eigenvalue weighted by molar-refractivity contribution is 5.82. The summed E-state index contributed by atoms with van der Waals surface area (Å²) in [7, 11) is 3.48. The third-order valence-electron chi connectivity index (χ3n) is 12.1. The molecular formula is C31H50N3O7+. The summed E-state index contributed by atoms with van der Waals surface area (Å²) in [5.41, 5.74) is 0. The molecule has 14 atom stereocenters. The summed E-state index contributed by atoms with van der Waals surface area (Å²) in [6.07, 6.45) is 8.72. The van der Waals surface area contributed by atoms with Gasteiger partial charge in [0.15, 0.2) is 0 Å². The second-order valence-electron chi connectivity index (χ2n) is 13.9. The van der Waals surface area contributed by atoms with E-state index >= 15 is 0 Å². The van der Waals surface area contributed by atoms with Crippen LogP contribution in [-0.4, -0.2) is 106 Å². The minimum atomic E-state index is -0.478. The Morgan fingerprint density at radius 1 is 1.00 bits per heavy atom. The summed E-state index contributed by atoms with van der Waals surface area (Å²) in [4.78, 5) is 29.6. The number of hydrogen-bond donors (Lipinski definition) is 2. The summed E-state index contributed by atoms with van der Waals surface area (Å²) in [6.45, 7) is 4.08. The van der Waals surface area contributed by atoms with Gasteiger partial charge in [-0.05, 0) is 76.0 Å². The van der Waals surface area contributed by atoms with Gasteiger partial charge in [-0.25, -0.2) is 0 Å². The minimum absolute atomic E-state index is 0.0172. The van der Waals surface area contributed by atoms with Crippen LogP contribution in [0.5, 0.6) is 0 Å². The SMILES string of the molecule is COC1CCC2C3[NH2+]CCC4C5CC(O[C@@H](C)C(=O)NCC6CCC7OCOC7C6)CCC5N(C(=O)C2C1OC)C43. The zero-order valence-corrected chi connectivity index (χ0v) is 25.0. The molecule has 3 aliphatic carbocycles. The molecule has 4 saturated heterocycles.